The van der Waals surface area contributed by atoms with Crippen LogP contribution in [0.4, 0.5) is 0 Å². The van der Waals surface area contributed by atoms with Crippen LogP contribution in [0.5, 0.6) is 0 Å². The van der Waals surface area contributed by atoms with Crippen LogP contribution >= 0.6 is 0 Å². The van der Waals surface area contributed by atoms with E-state index in [0.29, 0.717) is 5.84 Å². The lowest BCUT2D eigenvalue weighted by molar-refractivity contribution is 0.477. The second-order valence-corrected chi connectivity index (χ2v) is 3.18. The molecule has 0 aliphatic rings. The number of furan rings is 1. The van der Waals surface area contributed by atoms with Crippen molar-refractivity contribution in [2.75, 3.05) is 7.05 Å². The van der Waals surface area contributed by atoms with Gasteiger partial charge in [-0.25, -0.2) is 0 Å². The molecule has 13 heavy (non-hydrogen) atoms. The average molecular weight is 180 g/mol. The first kappa shape index (κ1) is 9.84. The fourth-order valence-electron chi connectivity index (χ4n) is 1.18. The summed E-state index contributed by atoms with van der Waals surface area (Å²) in [5.74, 6) is 0.684. The summed E-state index contributed by atoms with van der Waals surface area (Å²) in [7, 11) is 1.94. The second kappa shape index (κ2) is 4.70. The summed E-state index contributed by atoms with van der Waals surface area (Å²) in [5.41, 5.74) is 1.11. The molecule has 0 aliphatic heterocycles. The van der Waals surface area contributed by atoms with Crippen molar-refractivity contribution in [3.05, 3.63) is 24.2 Å². The minimum Gasteiger partial charge on any atom is -0.472 e. The Morgan fingerprint density at radius 3 is 2.92 bits per heavy atom. The topological polar surface area (TPSA) is 40.2 Å². The van der Waals surface area contributed by atoms with Crippen molar-refractivity contribution < 1.29 is 4.42 Å². The van der Waals surface area contributed by atoms with Gasteiger partial charge in [-0.2, -0.15) is 0 Å². The Morgan fingerprint density at radius 2 is 2.38 bits per heavy atom. The molecule has 3 heteroatoms. The van der Waals surface area contributed by atoms with Gasteiger partial charge in [0.05, 0.1) is 18.4 Å². The highest BCUT2D eigenvalue weighted by Crippen LogP contribution is 2.05. The summed E-state index contributed by atoms with van der Waals surface area (Å²) in [6, 6.07) is 1.93. The van der Waals surface area contributed by atoms with Gasteiger partial charge >= 0.3 is 0 Å². The zero-order valence-corrected chi connectivity index (χ0v) is 8.21. The molecule has 0 spiro atoms. The molecule has 3 nitrogen and oxygen atoms in total. The first-order chi connectivity index (χ1) is 6.24. The van der Waals surface area contributed by atoms with E-state index in [1.165, 1.54) is 0 Å². The van der Waals surface area contributed by atoms with Gasteiger partial charge in [-0.1, -0.05) is 6.92 Å². The van der Waals surface area contributed by atoms with Gasteiger partial charge in [0.25, 0.3) is 0 Å². The molecule has 72 valence electrons. The van der Waals surface area contributed by atoms with Crippen LogP contribution in [0.3, 0.4) is 0 Å². The summed E-state index contributed by atoms with van der Waals surface area (Å²) in [4.78, 5) is 1.94. The Bertz CT molecular complexity index is 254. The molecule has 0 aliphatic carbocycles. The third-order valence-corrected chi connectivity index (χ3v) is 1.95. The van der Waals surface area contributed by atoms with Crippen molar-refractivity contribution in [1.82, 2.24) is 4.90 Å². The van der Waals surface area contributed by atoms with E-state index < -0.39 is 0 Å². The molecule has 1 N–H and O–H groups in total. The normalized spacial score (nSPS) is 10.0. The number of nitrogens with zero attached hydrogens (tertiary/aromatic N) is 1. The molecule has 1 heterocycles. The Kier molecular flexibility index (Phi) is 3.55. The van der Waals surface area contributed by atoms with Gasteiger partial charge < -0.3 is 9.32 Å². The van der Waals surface area contributed by atoms with Crippen LogP contribution < -0.4 is 0 Å². The van der Waals surface area contributed by atoms with Crippen molar-refractivity contribution in [3.8, 4) is 0 Å². The van der Waals surface area contributed by atoms with Gasteiger partial charge in [0.15, 0.2) is 0 Å². The van der Waals surface area contributed by atoms with E-state index >= 15 is 0 Å². The van der Waals surface area contributed by atoms with Crippen LogP contribution in [0.2, 0.25) is 0 Å². The maximum absolute atomic E-state index is 7.69. The maximum atomic E-state index is 7.69. The fourth-order valence-corrected chi connectivity index (χ4v) is 1.18. The molecular formula is C10H16N2O. The highest BCUT2D eigenvalue weighted by Gasteiger charge is 2.04. The molecule has 0 unspecified atom stereocenters. The third kappa shape index (κ3) is 2.93. The molecule has 1 rings (SSSR count). The lowest BCUT2D eigenvalue weighted by Crippen LogP contribution is -2.24. The van der Waals surface area contributed by atoms with E-state index in [2.05, 4.69) is 6.92 Å². The molecule has 0 amide bonds. The summed E-state index contributed by atoms with van der Waals surface area (Å²) in [6.45, 7) is 2.84. The molecule has 1 aromatic heterocycles. The SMILES string of the molecule is CCCC(=N)N(C)Cc1ccoc1. The van der Waals surface area contributed by atoms with Crippen LogP contribution in [0.15, 0.2) is 23.0 Å². The number of hydrogen-bond acceptors (Lipinski definition) is 2. The van der Waals surface area contributed by atoms with Gasteiger partial charge in [0.1, 0.15) is 0 Å². The van der Waals surface area contributed by atoms with Crippen LogP contribution in [-0.4, -0.2) is 17.8 Å². The molecule has 0 fully saturated rings. The molecule has 1 aromatic rings. The first-order valence-electron chi connectivity index (χ1n) is 4.53. The summed E-state index contributed by atoms with van der Waals surface area (Å²) >= 11 is 0. The van der Waals surface area contributed by atoms with Gasteiger partial charge in [-0.3, -0.25) is 5.41 Å². The third-order valence-electron chi connectivity index (χ3n) is 1.95. The largest absolute Gasteiger partial charge is 0.472 e. The molecule has 0 saturated heterocycles. The van der Waals surface area contributed by atoms with Gasteiger partial charge in [-0.05, 0) is 12.5 Å². The number of hydrogen-bond donors (Lipinski definition) is 1. The quantitative estimate of drug-likeness (QED) is 0.571. The summed E-state index contributed by atoms with van der Waals surface area (Å²) < 4.78 is 4.96. The molecule has 0 radical (unpaired) electrons. The van der Waals surface area contributed by atoms with Crippen molar-refractivity contribution in [2.24, 2.45) is 0 Å². The van der Waals surface area contributed by atoms with Crippen molar-refractivity contribution in [2.45, 2.75) is 26.3 Å². The molecule has 0 aromatic carbocycles. The van der Waals surface area contributed by atoms with Gasteiger partial charge in [0.2, 0.25) is 0 Å². The predicted molar refractivity (Wildman–Crippen MR) is 52.8 cm³/mol. The lowest BCUT2D eigenvalue weighted by atomic mass is 10.2. The zero-order chi connectivity index (χ0) is 9.68. The Hall–Kier alpha value is -1.25. The standard InChI is InChI=1S/C10H16N2O/c1-3-4-10(11)12(2)7-9-5-6-13-8-9/h5-6,8,11H,3-4,7H2,1-2H3. The zero-order valence-electron chi connectivity index (χ0n) is 8.21. The monoisotopic (exact) mass is 180 g/mol. The number of nitrogens with one attached hydrogen (secondary N) is 1. The van der Waals surface area contributed by atoms with E-state index in [4.69, 9.17) is 9.83 Å². The summed E-state index contributed by atoms with van der Waals surface area (Å²) in [6.07, 6.45) is 5.24. The van der Waals surface area contributed by atoms with E-state index in [1.807, 2.05) is 18.0 Å². The molecule has 0 atom stereocenters. The minimum atomic E-state index is 0.684. The van der Waals surface area contributed by atoms with Gasteiger partial charge in [0, 0.05) is 25.6 Å². The van der Waals surface area contributed by atoms with Crippen LogP contribution in [0.25, 0.3) is 0 Å². The van der Waals surface area contributed by atoms with E-state index in [9.17, 15) is 0 Å². The first-order valence-corrected chi connectivity index (χ1v) is 4.53. The lowest BCUT2D eigenvalue weighted by Gasteiger charge is -2.18. The van der Waals surface area contributed by atoms with E-state index in [0.717, 1.165) is 24.9 Å². The van der Waals surface area contributed by atoms with E-state index in [1.54, 1.807) is 12.5 Å². The maximum Gasteiger partial charge on any atom is 0.0957 e. The van der Waals surface area contributed by atoms with E-state index in [-0.39, 0.29) is 0 Å². The smallest absolute Gasteiger partial charge is 0.0957 e. The van der Waals surface area contributed by atoms with Crippen molar-refractivity contribution >= 4 is 5.84 Å². The van der Waals surface area contributed by atoms with Crippen molar-refractivity contribution in [1.29, 1.82) is 5.41 Å². The summed E-state index contributed by atoms with van der Waals surface area (Å²) in [5, 5.41) is 7.69. The Balaban J connectivity index is 2.41. The minimum absolute atomic E-state index is 0.684. The second-order valence-electron chi connectivity index (χ2n) is 3.18. The fraction of sp³-hybridized carbons (Fsp3) is 0.500. The molecular weight excluding hydrogens is 164 g/mol. The van der Waals surface area contributed by atoms with Crippen molar-refractivity contribution in [3.63, 3.8) is 0 Å². The predicted octanol–water partition coefficient (Wildman–Crippen LogP) is 2.49. The Morgan fingerprint density at radius 1 is 1.62 bits per heavy atom. The molecule has 0 saturated carbocycles. The molecule has 0 bridgehead atoms. The Labute approximate surface area is 78.9 Å². The van der Waals surface area contributed by atoms with Crippen LogP contribution in [0.1, 0.15) is 25.3 Å². The highest BCUT2D eigenvalue weighted by atomic mass is 16.3. The number of amidine groups is 1. The van der Waals surface area contributed by atoms with Crippen LogP contribution in [0, 0.1) is 5.41 Å². The highest BCUT2D eigenvalue weighted by molar-refractivity contribution is 5.78. The average Bonchev–Trinajstić information content (AvgIpc) is 2.57. The van der Waals surface area contributed by atoms with Gasteiger partial charge in [-0.15, -0.1) is 0 Å². The number of rotatable bonds is 4. The van der Waals surface area contributed by atoms with Crippen LogP contribution in [-0.2, 0) is 6.54 Å².